The van der Waals surface area contributed by atoms with Gasteiger partial charge in [0.05, 0.1) is 11.1 Å². The fourth-order valence-electron chi connectivity index (χ4n) is 10.1. The normalized spacial score (nSPS) is 15.5. The van der Waals surface area contributed by atoms with Crippen molar-refractivity contribution in [1.29, 1.82) is 0 Å². The minimum Gasteiger partial charge on any atom is -0.310 e. The lowest BCUT2D eigenvalue weighted by Crippen LogP contribution is -2.33. The van der Waals surface area contributed by atoms with Crippen molar-refractivity contribution in [3.8, 4) is 33.4 Å². The fourth-order valence-corrected chi connectivity index (χ4v) is 10.1. The Morgan fingerprint density at radius 2 is 0.845 bits per heavy atom. The van der Waals surface area contributed by atoms with Gasteiger partial charge in [0.15, 0.2) is 0 Å². The predicted molar refractivity (Wildman–Crippen MR) is 245 cm³/mol. The summed E-state index contributed by atoms with van der Waals surface area (Å²) in [5, 5.41) is 0. The molecule has 0 saturated carbocycles. The number of benzene rings is 8. The summed E-state index contributed by atoms with van der Waals surface area (Å²) in [5.74, 6) is 0. The van der Waals surface area contributed by atoms with Gasteiger partial charge in [-0.1, -0.05) is 191 Å². The SMILES string of the molecule is CC1(C)CCC(C)(C)c2cc(-c3cc4c(cc3N(c3ccccc3)c3ccc(-c5ccccc5)cc3)C(c3ccccc3)(c3ccccc3)c3ccccc3-4)ccc21. The molecule has 0 unspecified atom stereocenters. The largest absolute Gasteiger partial charge is 0.310 e. The first kappa shape index (κ1) is 35.9. The van der Waals surface area contributed by atoms with Crippen LogP contribution < -0.4 is 4.90 Å². The maximum atomic E-state index is 2.54. The summed E-state index contributed by atoms with van der Waals surface area (Å²) in [5.41, 5.74) is 18.6. The van der Waals surface area contributed by atoms with Crippen LogP contribution in [-0.4, -0.2) is 0 Å². The third kappa shape index (κ3) is 5.75. The molecular formula is C57H49N. The van der Waals surface area contributed by atoms with E-state index in [9.17, 15) is 0 Å². The molecule has 0 heterocycles. The van der Waals surface area contributed by atoms with E-state index in [1.165, 1.54) is 79.6 Å². The van der Waals surface area contributed by atoms with Crippen LogP contribution in [0, 0.1) is 0 Å². The molecule has 0 aliphatic heterocycles. The van der Waals surface area contributed by atoms with Crippen LogP contribution in [0.4, 0.5) is 17.1 Å². The lowest BCUT2D eigenvalue weighted by atomic mass is 9.63. The second kappa shape index (κ2) is 13.9. The number of para-hydroxylation sites is 1. The first-order chi connectivity index (χ1) is 28.3. The molecule has 0 spiro atoms. The van der Waals surface area contributed by atoms with Gasteiger partial charge in [0.1, 0.15) is 0 Å². The van der Waals surface area contributed by atoms with Crippen molar-refractivity contribution >= 4 is 17.1 Å². The fraction of sp³-hybridized carbons (Fsp3) is 0.158. The Kier molecular flexibility index (Phi) is 8.61. The number of anilines is 3. The highest BCUT2D eigenvalue weighted by Crippen LogP contribution is 2.59. The number of fused-ring (bicyclic) bond motifs is 4. The van der Waals surface area contributed by atoms with Crippen LogP contribution in [0.2, 0.25) is 0 Å². The van der Waals surface area contributed by atoms with Crippen molar-refractivity contribution in [3.63, 3.8) is 0 Å². The van der Waals surface area contributed by atoms with E-state index in [1.54, 1.807) is 0 Å². The molecule has 0 saturated heterocycles. The van der Waals surface area contributed by atoms with Crippen molar-refractivity contribution in [1.82, 2.24) is 0 Å². The van der Waals surface area contributed by atoms with Crippen molar-refractivity contribution in [2.75, 3.05) is 4.90 Å². The first-order valence-electron chi connectivity index (χ1n) is 20.8. The van der Waals surface area contributed by atoms with Gasteiger partial charge in [-0.25, -0.2) is 0 Å². The summed E-state index contributed by atoms with van der Waals surface area (Å²) in [6, 6.07) is 74.6. The number of hydrogen-bond donors (Lipinski definition) is 0. The Bertz CT molecular complexity index is 2710. The molecule has 0 amide bonds. The lowest BCUT2D eigenvalue weighted by Gasteiger charge is -2.42. The van der Waals surface area contributed by atoms with Crippen LogP contribution >= 0.6 is 0 Å². The van der Waals surface area contributed by atoms with Gasteiger partial charge in [-0.3, -0.25) is 0 Å². The highest BCUT2D eigenvalue weighted by molar-refractivity contribution is 5.97. The Morgan fingerprint density at radius 1 is 0.345 bits per heavy atom. The van der Waals surface area contributed by atoms with E-state index in [0.29, 0.717) is 0 Å². The molecule has 0 fully saturated rings. The van der Waals surface area contributed by atoms with E-state index in [-0.39, 0.29) is 10.8 Å². The van der Waals surface area contributed by atoms with Crippen LogP contribution in [-0.2, 0) is 16.2 Å². The van der Waals surface area contributed by atoms with Crippen LogP contribution in [0.5, 0.6) is 0 Å². The van der Waals surface area contributed by atoms with Gasteiger partial charge < -0.3 is 4.90 Å². The van der Waals surface area contributed by atoms with Gasteiger partial charge in [-0.2, -0.15) is 0 Å². The van der Waals surface area contributed by atoms with Gasteiger partial charge in [-0.05, 0) is 121 Å². The molecule has 0 N–H and O–H groups in total. The summed E-state index contributed by atoms with van der Waals surface area (Å²) >= 11 is 0. The molecule has 10 rings (SSSR count). The Hall–Kier alpha value is -6.44. The molecule has 58 heavy (non-hydrogen) atoms. The van der Waals surface area contributed by atoms with Crippen LogP contribution in [0.3, 0.4) is 0 Å². The maximum Gasteiger partial charge on any atom is 0.0714 e. The molecule has 1 nitrogen and oxygen atoms in total. The minimum atomic E-state index is -0.525. The lowest BCUT2D eigenvalue weighted by molar-refractivity contribution is 0.332. The monoisotopic (exact) mass is 747 g/mol. The van der Waals surface area contributed by atoms with Gasteiger partial charge >= 0.3 is 0 Å². The molecule has 1 heteroatoms. The number of hydrogen-bond acceptors (Lipinski definition) is 1. The van der Waals surface area contributed by atoms with E-state index in [2.05, 4.69) is 233 Å². The molecule has 2 aliphatic carbocycles. The van der Waals surface area contributed by atoms with E-state index < -0.39 is 5.41 Å². The molecule has 8 aromatic carbocycles. The predicted octanol–water partition coefficient (Wildman–Crippen LogP) is 15.2. The molecule has 8 aromatic rings. The first-order valence-corrected chi connectivity index (χ1v) is 20.8. The van der Waals surface area contributed by atoms with E-state index in [1.807, 2.05) is 0 Å². The molecule has 2 aliphatic rings. The molecule has 0 bridgehead atoms. The van der Waals surface area contributed by atoms with Gasteiger partial charge in [0.25, 0.3) is 0 Å². The van der Waals surface area contributed by atoms with Crippen molar-refractivity contribution in [3.05, 3.63) is 234 Å². The van der Waals surface area contributed by atoms with Gasteiger partial charge in [0, 0.05) is 16.9 Å². The molecule has 282 valence electrons. The average Bonchev–Trinajstić information content (AvgIpc) is 3.56. The Labute approximate surface area is 344 Å². The third-order valence-corrected chi connectivity index (χ3v) is 13.2. The Balaban J connectivity index is 1.31. The topological polar surface area (TPSA) is 3.24 Å². The molecule has 0 aromatic heterocycles. The van der Waals surface area contributed by atoms with Crippen LogP contribution in [0.25, 0.3) is 33.4 Å². The number of rotatable bonds is 7. The smallest absolute Gasteiger partial charge is 0.0714 e. The van der Waals surface area contributed by atoms with Crippen molar-refractivity contribution in [2.24, 2.45) is 0 Å². The zero-order valence-corrected chi connectivity index (χ0v) is 33.9. The summed E-state index contributed by atoms with van der Waals surface area (Å²) in [7, 11) is 0. The molecule has 0 atom stereocenters. The van der Waals surface area contributed by atoms with Crippen molar-refractivity contribution < 1.29 is 0 Å². The molecular weight excluding hydrogens is 699 g/mol. The summed E-state index contributed by atoms with van der Waals surface area (Å²) in [6.45, 7) is 9.70. The summed E-state index contributed by atoms with van der Waals surface area (Å²) in [4.78, 5) is 2.49. The van der Waals surface area contributed by atoms with Crippen LogP contribution in [0.15, 0.2) is 200 Å². The van der Waals surface area contributed by atoms with E-state index in [0.717, 1.165) is 17.1 Å². The highest BCUT2D eigenvalue weighted by Gasteiger charge is 2.47. The van der Waals surface area contributed by atoms with Crippen molar-refractivity contribution in [2.45, 2.75) is 56.8 Å². The summed E-state index contributed by atoms with van der Waals surface area (Å²) < 4.78 is 0. The molecule has 0 radical (unpaired) electrons. The van der Waals surface area contributed by atoms with Gasteiger partial charge in [-0.15, -0.1) is 0 Å². The minimum absolute atomic E-state index is 0.0759. The second-order valence-electron chi connectivity index (χ2n) is 17.6. The van der Waals surface area contributed by atoms with Crippen LogP contribution in [0.1, 0.15) is 73.9 Å². The van der Waals surface area contributed by atoms with E-state index >= 15 is 0 Å². The standard InChI is InChI=1S/C57H49N/c1-55(2)35-36-56(3,4)53-37-42(31-34-51(53)55)48-38-49-47-27-17-18-28-50(47)57(43-21-11-6-12-22-43,44-23-13-7-14-24-44)52(49)39-54(48)58(45-25-15-8-16-26-45)46-32-29-41(30-33-46)40-19-9-5-10-20-40/h5-34,37-39H,35-36H2,1-4H3. The van der Waals surface area contributed by atoms with E-state index in [4.69, 9.17) is 0 Å². The van der Waals surface area contributed by atoms with Gasteiger partial charge in [0.2, 0.25) is 0 Å². The second-order valence-corrected chi connectivity index (χ2v) is 17.6. The quantitative estimate of drug-likeness (QED) is 0.157. The average molecular weight is 748 g/mol. The zero-order chi connectivity index (χ0) is 39.5. The zero-order valence-electron chi connectivity index (χ0n) is 33.9. The highest BCUT2D eigenvalue weighted by atomic mass is 15.1. The maximum absolute atomic E-state index is 2.54. The number of nitrogens with zero attached hydrogens (tertiary/aromatic N) is 1. The third-order valence-electron chi connectivity index (χ3n) is 13.2. The Morgan fingerprint density at radius 3 is 1.48 bits per heavy atom. The summed E-state index contributed by atoms with van der Waals surface area (Å²) in [6.07, 6.45) is 2.36.